The Kier molecular flexibility index (Phi) is 61.8. The van der Waals surface area contributed by atoms with E-state index in [-0.39, 0.29) is 25.7 Å². The van der Waals surface area contributed by atoms with Gasteiger partial charge in [-0.15, -0.1) is 0 Å². The molecule has 17 nitrogen and oxygen atoms in total. The van der Waals surface area contributed by atoms with Gasteiger partial charge in [0.25, 0.3) is 0 Å². The summed E-state index contributed by atoms with van der Waals surface area (Å²) < 4.78 is 68.3. The fraction of sp³-hybridized carbons (Fsp3) is 0.944. The minimum atomic E-state index is -4.95. The van der Waals surface area contributed by atoms with Gasteiger partial charge in [-0.25, -0.2) is 9.13 Å². The van der Waals surface area contributed by atoms with Gasteiger partial charge in [-0.1, -0.05) is 311 Å². The molecule has 0 aromatic rings. The van der Waals surface area contributed by atoms with Gasteiger partial charge in [0, 0.05) is 25.7 Å². The Morgan fingerprint density at radius 3 is 0.844 bits per heavy atom. The van der Waals surface area contributed by atoms with Crippen molar-refractivity contribution < 1.29 is 80.2 Å². The average Bonchev–Trinajstić information content (AvgIpc) is 2.90. The topological polar surface area (TPSA) is 237 Å². The van der Waals surface area contributed by atoms with Crippen LogP contribution in [0.15, 0.2) is 0 Å². The minimum absolute atomic E-state index is 0.104. The molecule has 90 heavy (non-hydrogen) atoms. The Hall–Kier alpha value is -1.94. The lowest BCUT2D eigenvalue weighted by molar-refractivity contribution is -0.161. The van der Waals surface area contributed by atoms with E-state index in [1.165, 1.54) is 180 Å². The summed E-state index contributed by atoms with van der Waals surface area (Å²) in [4.78, 5) is 72.5. The number of carbonyl (C=O) groups is 4. The molecule has 19 heteroatoms. The zero-order valence-electron chi connectivity index (χ0n) is 58.4. The molecular weight excluding hydrogens is 1190 g/mol. The first-order valence-corrected chi connectivity index (χ1v) is 40.0. The number of phosphoric ester groups is 2. The van der Waals surface area contributed by atoms with Crippen molar-refractivity contribution in [1.82, 2.24) is 0 Å². The maximum Gasteiger partial charge on any atom is 0.472 e. The summed E-state index contributed by atoms with van der Waals surface area (Å²) in [5.74, 6) is -0.652. The third-order valence-electron chi connectivity index (χ3n) is 16.8. The molecule has 0 aromatic heterocycles. The van der Waals surface area contributed by atoms with Crippen LogP contribution in [0.1, 0.15) is 363 Å². The molecule has 0 radical (unpaired) electrons. The highest BCUT2D eigenvalue weighted by molar-refractivity contribution is 7.47. The van der Waals surface area contributed by atoms with Gasteiger partial charge in [0.2, 0.25) is 0 Å². The summed E-state index contributed by atoms with van der Waals surface area (Å²) in [7, 11) is -9.90. The van der Waals surface area contributed by atoms with E-state index < -0.39 is 97.5 Å². The fourth-order valence-corrected chi connectivity index (χ4v) is 12.3. The summed E-state index contributed by atoms with van der Waals surface area (Å²) in [6, 6.07) is 0. The molecule has 0 rings (SSSR count). The number of esters is 4. The van der Waals surface area contributed by atoms with Crippen molar-refractivity contribution in [3.63, 3.8) is 0 Å². The lowest BCUT2D eigenvalue weighted by Crippen LogP contribution is -2.30. The Bertz CT molecular complexity index is 1750. The molecule has 0 aliphatic heterocycles. The SMILES string of the molecule is CCCCCCCCCCCCCCCCCCCCC(=O)O[C@H](COC(=O)CCCCCCCCCCC(C)CC)COP(=O)(O)OC[C@@H](O)COP(=O)(O)OC[C@@H](COC(=O)CCCCCCCCCCCC)OC(=O)CCCCCCCCCC(C)C. The second-order valence-electron chi connectivity index (χ2n) is 26.3. The van der Waals surface area contributed by atoms with Crippen LogP contribution < -0.4 is 0 Å². The van der Waals surface area contributed by atoms with Crippen LogP contribution in [0.4, 0.5) is 0 Å². The fourth-order valence-electron chi connectivity index (χ4n) is 10.7. The average molecular weight is 1330 g/mol. The summed E-state index contributed by atoms with van der Waals surface area (Å²) in [6.07, 6.45) is 48.6. The molecule has 0 saturated heterocycles. The number of aliphatic hydroxyl groups is 1. The number of unbranched alkanes of at least 4 members (excludes halogenated alkanes) is 39. The molecular formula is C71H138O17P2. The van der Waals surface area contributed by atoms with Gasteiger partial charge in [0.15, 0.2) is 12.2 Å². The maximum absolute atomic E-state index is 13.0. The van der Waals surface area contributed by atoms with Crippen molar-refractivity contribution in [2.45, 2.75) is 381 Å². The Balaban J connectivity index is 5.22. The first kappa shape index (κ1) is 88.1. The second kappa shape index (κ2) is 63.1. The van der Waals surface area contributed by atoms with Crippen molar-refractivity contribution in [2.75, 3.05) is 39.6 Å². The van der Waals surface area contributed by atoms with Crippen LogP contribution >= 0.6 is 15.6 Å². The first-order valence-electron chi connectivity index (χ1n) is 37.0. The highest BCUT2D eigenvalue weighted by Crippen LogP contribution is 2.45. The van der Waals surface area contributed by atoms with Gasteiger partial charge < -0.3 is 33.8 Å². The van der Waals surface area contributed by atoms with Gasteiger partial charge in [-0.05, 0) is 37.5 Å². The Morgan fingerprint density at radius 1 is 0.322 bits per heavy atom. The predicted molar refractivity (Wildman–Crippen MR) is 363 cm³/mol. The van der Waals surface area contributed by atoms with Gasteiger partial charge in [-0.2, -0.15) is 0 Å². The van der Waals surface area contributed by atoms with Crippen LogP contribution in [0.25, 0.3) is 0 Å². The summed E-state index contributed by atoms with van der Waals surface area (Å²) >= 11 is 0. The van der Waals surface area contributed by atoms with Crippen molar-refractivity contribution in [3.05, 3.63) is 0 Å². The molecule has 534 valence electrons. The summed E-state index contributed by atoms with van der Waals surface area (Å²) in [6.45, 7) is 9.49. The molecule has 3 unspecified atom stereocenters. The van der Waals surface area contributed by atoms with Gasteiger partial charge in [0.05, 0.1) is 26.4 Å². The summed E-state index contributed by atoms with van der Waals surface area (Å²) in [5.41, 5.74) is 0. The summed E-state index contributed by atoms with van der Waals surface area (Å²) in [5, 5.41) is 10.6. The van der Waals surface area contributed by atoms with E-state index in [4.69, 9.17) is 37.0 Å². The zero-order valence-corrected chi connectivity index (χ0v) is 60.2. The van der Waals surface area contributed by atoms with E-state index in [1.54, 1.807) is 0 Å². The first-order chi connectivity index (χ1) is 43.4. The number of hydrogen-bond acceptors (Lipinski definition) is 15. The predicted octanol–water partition coefficient (Wildman–Crippen LogP) is 20.4. The standard InChI is InChI=1S/C71H138O17P2/c1-7-10-12-14-16-18-20-21-22-23-24-25-26-27-29-37-43-49-55-70(75)87-66(59-82-69(74)54-48-42-36-31-30-34-40-46-52-64(6)9-3)61-85-89(77,78)83-57-65(72)58-84-90(79,80)86-62-67(88-71(76)56-50-44-38-32-33-39-45-51-63(4)5)60-81-68(73)53-47-41-35-28-19-17-15-13-11-8-2/h63-67,72H,7-62H2,1-6H3,(H,77,78)(H,79,80)/t64?,65-,66-,67-/m1/s1. The number of hydrogen-bond donors (Lipinski definition) is 3. The lowest BCUT2D eigenvalue weighted by atomic mass is 9.99. The van der Waals surface area contributed by atoms with Crippen LogP contribution in [0, 0.1) is 11.8 Å². The van der Waals surface area contributed by atoms with Crippen molar-refractivity contribution >= 4 is 39.5 Å². The number of aliphatic hydroxyl groups excluding tert-OH is 1. The number of rotatable bonds is 70. The zero-order chi connectivity index (χ0) is 66.5. The molecule has 0 aliphatic carbocycles. The highest BCUT2D eigenvalue weighted by Gasteiger charge is 2.30. The van der Waals surface area contributed by atoms with Crippen molar-refractivity contribution in [1.29, 1.82) is 0 Å². The molecule has 6 atom stereocenters. The molecule has 0 heterocycles. The third kappa shape index (κ3) is 63.5. The number of ether oxygens (including phenoxy) is 4. The van der Waals surface area contributed by atoms with Crippen LogP contribution in [-0.4, -0.2) is 96.7 Å². The number of phosphoric acid groups is 2. The monoisotopic (exact) mass is 1320 g/mol. The Morgan fingerprint density at radius 2 is 0.567 bits per heavy atom. The highest BCUT2D eigenvalue weighted by atomic mass is 31.2. The lowest BCUT2D eigenvalue weighted by Gasteiger charge is -2.21. The minimum Gasteiger partial charge on any atom is -0.462 e. The van der Waals surface area contributed by atoms with E-state index in [9.17, 15) is 43.2 Å². The molecule has 0 spiro atoms. The number of carbonyl (C=O) groups excluding carboxylic acids is 4. The molecule has 0 aliphatic rings. The van der Waals surface area contributed by atoms with Crippen molar-refractivity contribution in [2.24, 2.45) is 11.8 Å². The maximum atomic E-state index is 13.0. The van der Waals surface area contributed by atoms with Crippen LogP contribution in [0.2, 0.25) is 0 Å². The largest absolute Gasteiger partial charge is 0.472 e. The normalized spacial score (nSPS) is 14.4. The van der Waals surface area contributed by atoms with Gasteiger partial charge in [0.1, 0.15) is 19.3 Å². The van der Waals surface area contributed by atoms with Gasteiger partial charge in [-0.3, -0.25) is 37.3 Å². The van der Waals surface area contributed by atoms with E-state index >= 15 is 0 Å². The second-order valence-corrected chi connectivity index (χ2v) is 29.3. The van der Waals surface area contributed by atoms with E-state index in [0.717, 1.165) is 95.8 Å². The van der Waals surface area contributed by atoms with Crippen molar-refractivity contribution in [3.8, 4) is 0 Å². The quantitative estimate of drug-likeness (QED) is 0.0222. The molecule has 0 amide bonds. The van der Waals surface area contributed by atoms with E-state index in [2.05, 4.69) is 41.5 Å². The van der Waals surface area contributed by atoms with Gasteiger partial charge >= 0.3 is 39.5 Å². The third-order valence-corrected chi connectivity index (χ3v) is 18.7. The van der Waals surface area contributed by atoms with E-state index in [1.807, 2.05) is 0 Å². The molecule has 0 bridgehead atoms. The Labute approximate surface area is 549 Å². The molecule has 0 fully saturated rings. The van der Waals surface area contributed by atoms with Crippen LogP contribution in [0.3, 0.4) is 0 Å². The molecule has 0 saturated carbocycles. The van der Waals surface area contributed by atoms with Crippen LogP contribution in [-0.2, 0) is 65.4 Å². The molecule has 0 aromatic carbocycles. The molecule has 3 N–H and O–H groups in total. The van der Waals surface area contributed by atoms with Crippen LogP contribution in [0.5, 0.6) is 0 Å². The smallest absolute Gasteiger partial charge is 0.462 e. The van der Waals surface area contributed by atoms with E-state index in [0.29, 0.717) is 31.6 Å².